The van der Waals surface area contributed by atoms with Crippen LogP contribution in [0, 0.1) is 0 Å². The summed E-state index contributed by atoms with van der Waals surface area (Å²) >= 11 is 5.88. The summed E-state index contributed by atoms with van der Waals surface area (Å²) in [4.78, 5) is 18.5. The molecule has 0 unspecified atom stereocenters. The first-order valence-electron chi connectivity index (χ1n) is 4.52. The van der Waals surface area contributed by atoms with Crippen LogP contribution in [-0.2, 0) is 6.54 Å². The number of carbonyl (C=O) groups is 1. The van der Waals surface area contributed by atoms with Gasteiger partial charge in [0, 0.05) is 24.2 Å². The highest BCUT2D eigenvalue weighted by Gasteiger charge is 2.11. The molecule has 2 heterocycles. The fourth-order valence-electron chi connectivity index (χ4n) is 1.36. The molecular formula is C10H8ClN3O2. The monoisotopic (exact) mass is 237 g/mol. The Kier molecular flexibility index (Phi) is 2.87. The molecule has 0 aliphatic heterocycles. The van der Waals surface area contributed by atoms with Crippen molar-refractivity contribution in [1.29, 1.82) is 0 Å². The van der Waals surface area contributed by atoms with Crippen molar-refractivity contribution >= 4 is 17.6 Å². The second kappa shape index (κ2) is 4.32. The molecule has 0 radical (unpaired) electrons. The zero-order chi connectivity index (χ0) is 11.5. The molecule has 0 atom stereocenters. The van der Waals surface area contributed by atoms with Crippen molar-refractivity contribution in [3.05, 3.63) is 47.3 Å². The minimum atomic E-state index is -1.06. The SMILES string of the molecule is O=C(O)c1nccn1Cc1cccnc1Cl. The molecule has 6 heteroatoms. The van der Waals surface area contributed by atoms with Gasteiger partial charge in [0.2, 0.25) is 5.82 Å². The number of halogens is 1. The van der Waals surface area contributed by atoms with Gasteiger partial charge in [0.15, 0.2) is 0 Å². The Morgan fingerprint density at radius 3 is 2.94 bits per heavy atom. The molecule has 2 rings (SSSR count). The molecule has 0 saturated heterocycles. The Hall–Kier alpha value is -1.88. The fraction of sp³-hybridized carbons (Fsp3) is 0.100. The minimum Gasteiger partial charge on any atom is -0.475 e. The highest BCUT2D eigenvalue weighted by atomic mass is 35.5. The Morgan fingerprint density at radius 2 is 2.25 bits per heavy atom. The summed E-state index contributed by atoms with van der Waals surface area (Å²) in [7, 11) is 0. The summed E-state index contributed by atoms with van der Waals surface area (Å²) in [6, 6.07) is 3.54. The van der Waals surface area contributed by atoms with Gasteiger partial charge in [-0.15, -0.1) is 0 Å². The number of imidazole rings is 1. The topological polar surface area (TPSA) is 68.0 Å². The van der Waals surface area contributed by atoms with E-state index in [1.165, 1.54) is 10.8 Å². The van der Waals surface area contributed by atoms with E-state index in [0.717, 1.165) is 5.56 Å². The number of hydrogen-bond donors (Lipinski definition) is 1. The second-order valence-electron chi connectivity index (χ2n) is 3.14. The number of carboxylic acids is 1. The Labute approximate surface area is 96.3 Å². The third kappa shape index (κ3) is 2.04. The largest absolute Gasteiger partial charge is 0.475 e. The van der Waals surface area contributed by atoms with Crippen LogP contribution in [0.4, 0.5) is 0 Å². The zero-order valence-electron chi connectivity index (χ0n) is 8.17. The number of pyridine rings is 1. The van der Waals surface area contributed by atoms with Gasteiger partial charge in [0.05, 0.1) is 6.54 Å². The molecule has 5 nitrogen and oxygen atoms in total. The van der Waals surface area contributed by atoms with Gasteiger partial charge in [0.25, 0.3) is 0 Å². The van der Waals surface area contributed by atoms with E-state index in [1.807, 2.05) is 0 Å². The Morgan fingerprint density at radius 1 is 1.44 bits per heavy atom. The third-order valence-corrected chi connectivity index (χ3v) is 2.42. The molecule has 82 valence electrons. The van der Waals surface area contributed by atoms with E-state index in [9.17, 15) is 4.79 Å². The Balaban J connectivity index is 2.31. The van der Waals surface area contributed by atoms with Crippen molar-refractivity contribution in [2.45, 2.75) is 6.54 Å². The maximum atomic E-state index is 10.8. The van der Waals surface area contributed by atoms with Crippen molar-refractivity contribution in [2.24, 2.45) is 0 Å². The number of hydrogen-bond acceptors (Lipinski definition) is 3. The molecule has 0 fully saturated rings. The highest BCUT2D eigenvalue weighted by Crippen LogP contribution is 2.13. The van der Waals surface area contributed by atoms with Crippen molar-refractivity contribution in [1.82, 2.24) is 14.5 Å². The molecule has 1 N–H and O–H groups in total. The summed E-state index contributed by atoms with van der Waals surface area (Å²) in [6.07, 6.45) is 4.61. The smallest absolute Gasteiger partial charge is 0.372 e. The first-order valence-corrected chi connectivity index (χ1v) is 4.90. The van der Waals surface area contributed by atoms with Crippen molar-refractivity contribution < 1.29 is 9.90 Å². The number of rotatable bonds is 3. The highest BCUT2D eigenvalue weighted by molar-refractivity contribution is 6.30. The molecular weight excluding hydrogens is 230 g/mol. The van der Waals surface area contributed by atoms with Crippen LogP contribution in [0.5, 0.6) is 0 Å². The lowest BCUT2D eigenvalue weighted by Crippen LogP contribution is -2.10. The zero-order valence-corrected chi connectivity index (χ0v) is 8.92. The van der Waals surface area contributed by atoms with Gasteiger partial charge in [-0.2, -0.15) is 0 Å². The number of aromatic carboxylic acids is 1. The summed E-state index contributed by atoms with van der Waals surface area (Å²) in [5.41, 5.74) is 0.754. The lowest BCUT2D eigenvalue weighted by molar-refractivity contribution is 0.0679. The lowest BCUT2D eigenvalue weighted by Gasteiger charge is -2.05. The molecule has 16 heavy (non-hydrogen) atoms. The third-order valence-electron chi connectivity index (χ3n) is 2.08. The van der Waals surface area contributed by atoms with E-state index in [2.05, 4.69) is 9.97 Å². The normalized spacial score (nSPS) is 10.3. The van der Waals surface area contributed by atoms with Gasteiger partial charge in [0.1, 0.15) is 5.15 Å². The van der Waals surface area contributed by atoms with Gasteiger partial charge < -0.3 is 9.67 Å². The maximum Gasteiger partial charge on any atom is 0.372 e. The summed E-state index contributed by atoms with van der Waals surface area (Å²) < 4.78 is 1.51. The average molecular weight is 238 g/mol. The van der Waals surface area contributed by atoms with E-state index < -0.39 is 5.97 Å². The van der Waals surface area contributed by atoms with Crippen molar-refractivity contribution in [3.8, 4) is 0 Å². The molecule has 0 amide bonds. The van der Waals surface area contributed by atoms with E-state index in [4.69, 9.17) is 16.7 Å². The van der Waals surface area contributed by atoms with Crippen LogP contribution < -0.4 is 0 Å². The minimum absolute atomic E-state index is 0.0140. The first kappa shape index (κ1) is 10.6. The van der Waals surface area contributed by atoms with Crippen molar-refractivity contribution in [2.75, 3.05) is 0 Å². The van der Waals surface area contributed by atoms with Crippen LogP contribution in [0.25, 0.3) is 0 Å². The summed E-state index contributed by atoms with van der Waals surface area (Å²) in [5, 5.41) is 9.24. The molecule has 2 aromatic heterocycles. The molecule has 0 saturated carbocycles. The fourth-order valence-corrected chi connectivity index (χ4v) is 1.53. The maximum absolute atomic E-state index is 10.8. The van der Waals surface area contributed by atoms with Gasteiger partial charge in [-0.05, 0) is 6.07 Å². The van der Waals surface area contributed by atoms with Crippen molar-refractivity contribution in [3.63, 3.8) is 0 Å². The molecule has 0 aromatic carbocycles. The van der Waals surface area contributed by atoms with Crippen LogP contribution in [-0.4, -0.2) is 25.6 Å². The number of aromatic nitrogens is 3. The molecule has 0 spiro atoms. The summed E-state index contributed by atoms with van der Waals surface area (Å²) in [6.45, 7) is 0.342. The van der Waals surface area contributed by atoms with Gasteiger partial charge in [-0.1, -0.05) is 17.7 Å². The van der Waals surface area contributed by atoms with Crippen LogP contribution in [0.3, 0.4) is 0 Å². The first-order chi connectivity index (χ1) is 7.68. The summed E-state index contributed by atoms with van der Waals surface area (Å²) in [5.74, 6) is -1.08. The second-order valence-corrected chi connectivity index (χ2v) is 3.50. The van der Waals surface area contributed by atoms with E-state index in [1.54, 1.807) is 24.5 Å². The number of nitrogens with zero attached hydrogens (tertiary/aromatic N) is 3. The van der Waals surface area contributed by atoms with Gasteiger partial charge >= 0.3 is 5.97 Å². The molecule has 2 aromatic rings. The Bertz CT molecular complexity index is 524. The lowest BCUT2D eigenvalue weighted by atomic mass is 10.3. The number of carboxylic acid groups (broad SMARTS) is 1. The van der Waals surface area contributed by atoms with E-state index in [0.29, 0.717) is 11.7 Å². The van der Waals surface area contributed by atoms with Crippen LogP contribution >= 0.6 is 11.6 Å². The van der Waals surface area contributed by atoms with E-state index >= 15 is 0 Å². The standard InChI is InChI=1S/C10H8ClN3O2/c11-8-7(2-1-3-12-8)6-14-5-4-13-9(14)10(15)16/h1-5H,6H2,(H,15,16). The average Bonchev–Trinajstić information content (AvgIpc) is 2.69. The molecule has 0 bridgehead atoms. The molecule has 0 aliphatic rings. The predicted octanol–water partition coefficient (Wildman–Crippen LogP) is 1.68. The quantitative estimate of drug-likeness (QED) is 0.825. The van der Waals surface area contributed by atoms with Crippen LogP contribution in [0.15, 0.2) is 30.7 Å². The predicted molar refractivity (Wildman–Crippen MR) is 57.5 cm³/mol. The molecule has 0 aliphatic carbocycles. The van der Waals surface area contributed by atoms with E-state index in [-0.39, 0.29) is 5.82 Å². The van der Waals surface area contributed by atoms with Crippen LogP contribution in [0.1, 0.15) is 16.2 Å². The van der Waals surface area contributed by atoms with Gasteiger partial charge in [-0.25, -0.2) is 14.8 Å². The van der Waals surface area contributed by atoms with Crippen LogP contribution in [0.2, 0.25) is 5.15 Å². The van der Waals surface area contributed by atoms with Gasteiger partial charge in [-0.3, -0.25) is 0 Å².